The van der Waals surface area contributed by atoms with E-state index < -0.39 is 0 Å². The molecule has 3 heteroatoms. The highest BCUT2D eigenvalue weighted by Crippen LogP contribution is 2.07. The monoisotopic (exact) mass is 248 g/mol. The van der Waals surface area contributed by atoms with Crippen LogP contribution in [0.4, 0.5) is 0 Å². The number of carbonyl (C=O) groups excluding carboxylic acids is 1. The van der Waals surface area contributed by atoms with Crippen molar-refractivity contribution in [3.05, 3.63) is 35.4 Å². The van der Waals surface area contributed by atoms with Crippen LogP contribution in [-0.2, 0) is 17.6 Å². The van der Waals surface area contributed by atoms with Gasteiger partial charge in [-0.1, -0.05) is 37.6 Å². The summed E-state index contributed by atoms with van der Waals surface area (Å²) in [7, 11) is 1.84. The predicted molar refractivity (Wildman–Crippen MR) is 75.4 cm³/mol. The summed E-state index contributed by atoms with van der Waals surface area (Å²) in [4.78, 5) is 13.3. The molecule has 1 amide bonds. The number of rotatable bonds is 7. The van der Waals surface area contributed by atoms with Gasteiger partial charge < -0.3 is 10.6 Å². The molecule has 0 saturated carbocycles. The maximum absolute atomic E-state index is 11.5. The van der Waals surface area contributed by atoms with Crippen LogP contribution in [0.1, 0.15) is 30.9 Å². The molecule has 0 spiro atoms. The zero-order valence-corrected chi connectivity index (χ0v) is 11.5. The van der Waals surface area contributed by atoms with Gasteiger partial charge in [-0.15, -0.1) is 0 Å². The van der Waals surface area contributed by atoms with Gasteiger partial charge >= 0.3 is 0 Å². The predicted octanol–water partition coefficient (Wildman–Crippen LogP) is 1.99. The number of hydrogen-bond acceptors (Lipinski definition) is 2. The van der Waals surface area contributed by atoms with Crippen molar-refractivity contribution in [1.29, 1.82) is 0 Å². The van der Waals surface area contributed by atoms with Gasteiger partial charge in [-0.05, 0) is 24.0 Å². The van der Waals surface area contributed by atoms with Crippen molar-refractivity contribution in [2.24, 2.45) is 5.73 Å². The molecule has 2 N–H and O–H groups in total. The van der Waals surface area contributed by atoms with E-state index in [2.05, 4.69) is 31.2 Å². The fourth-order valence-electron chi connectivity index (χ4n) is 1.90. The Kier molecular flexibility index (Phi) is 6.44. The lowest BCUT2D eigenvalue weighted by molar-refractivity contribution is -0.129. The van der Waals surface area contributed by atoms with Gasteiger partial charge in [0.05, 0.1) is 0 Å². The first-order valence-electron chi connectivity index (χ1n) is 6.69. The number of aryl methyl sites for hydroxylation is 1. The summed E-state index contributed by atoms with van der Waals surface area (Å²) in [5.41, 5.74) is 8.04. The smallest absolute Gasteiger partial charge is 0.223 e. The third-order valence-electron chi connectivity index (χ3n) is 3.08. The van der Waals surface area contributed by atoms with Crippen molar-refractivity contribution < 1.29 is 4.79 Å². The van der Waals surface area contributed by atoms with Crippen LogP contribution in [0.3, 0.4) is 0 Å². The molecule has 1 aromatic carbocycles. The van der Waals surface area contributed by atoms with Crippen LogP contribution in [0, 0.1) is 0 Å². The second kappa shape index (κ2) is 7.88. The van der Waals surface area contributed by atoms with Crippen molar-refractivity contribution >= 4 is 5.91 Å². The van der Waals surface area contributed by atoms with Crippen LogP contribution in [-0.4, -0.2) is 30.9 Å². The lowest BCUT2D eigenvalue weighted by Crippen LogP contribution is -2.30. The first kappa shape index (κ1) is 14.7. The van der Waals surface area contributed by atoms with Crippen molar-refractivity contribution in [2.75, 3.05) is 20.1 Å². The van der Waals surface area contributed by atoms with Gasteiger partial charge in [0.2, 0.25) is 5.91 Å². The zero-order valence-electron chi connectivity index (χ0n) is 11.5. The SMILES string of the molecule is CCCc1ccc(CCN(C)C(=O)CCN)cc1. The van der Waals surface area contributed by atoms with Gasteiger partial charge in [0.15, 0.2) is 0 Å². The normalized spacial score (nSPS) is 10.4. The molecule has 1 aromatic rings. The molecule has 0 heterocycles. The van der Waals surface area contributed by atoms with Crippen LogP contribution in [0.15, 0.2) is 24.3 Å². The number of benzene rings is 1. The molecule has 1 rings (SSSR count). The Hall–Kier alpha value is -1.35. The quantitative estimate of drug-likeness (QED) is 0.802. The maximum Gasteiger partial charge on any atom is 0.223 e. The molecule has 0 unspecified atom stereocenters. The number of nitrogens with two attached hydrogens (primary N) is 1. The van der Waals surface area contributed by atoms with E-state index in [4.69, 9.17) is 5.73 Å². The van der Waals surface area contributed by atoms with Crippen LogP contribution in [0.2, 0.25) is 0 Å². The number of carbonyl (C=O) groups is 1. The summed E-state index contributed by atoms with van der Waals surface area (Å²) >= 11 is 0. The summed E-state index contributed by atoms with van der Waals surface area (Å²) in [5.74, 6) is 0.125. The summed E-state index contributed by atoms with van der Waals surface area (Å²) in [6, 6.07) is 8.68. The molecule has 100 valence electrons. The van der Waals surface area contributed by atoms with Crippen molar-refractivity contribution in [2.45, 2.75) is 32.6 Å². The minimum Gasteiger partial charge on any atom is -0.345 e. The summed E-state index contributed by atoms with van der Waals surface area (Å²) in [5, 5.41) is 0. The Morgan fingerprint density at radius 2 is 1.72 bits per heavy atom. The molecule has 18 heavy (non-hydrogen) atoms. The molecule has 0 fully saturated rings. The highest BCUT2D eigenvalue weighted by Gasteiger charge is 2.06. The Balaban J connectivity index is 2.41. The van der Waals surface area contributed by atoms with Crippen molar-refractivity contribution in [3.8, 4) is 0 Å². The Labute approximate surface area is 110 Å². The first-order chi connectivity index (χ1) is 8.67. The summed E-state index contributed by atoms with van der Waals surface area (Å²) < 4.78 is 0. The third kappa shape index (κ3) is 4.88. The second-order valence-corrected chi connectivity index (χ2v) is 4.67. The molecule has 0 saturated heterocycles. The molecular weight excluding hydrogens is 224 g/mol. The van der Waals surface area contributed by atoms with Gasteiger partial charge in [0.25, 0.3) is 0 Å². The minimum atomic E-state index is 0.125. The fourth-order valence-corrected chi connectivity index (χ4v) is 1.90. The van der Waals surface area contributed by atoms with Crippen LogP contribution >= 0.6 is 0 Å². The zero-order chi connectivity index (χ0) is 13.4. The maximum atomic E-state index is 11.5. The average Bonchev–Trinajstić information content (AvgIpc) is 2.38. The summed E-state index contributed by atoms with van der Waals surface area (Å²) in [6.45, 7) is 3.37. The van der Waals surface area contributed by atoms with Gasteiger partial charge in [0.1, 0.15) is 0 Å². The van der Waals surface area contributed by atoms with E-state index >= 15 is 0 Å². The molecule has 0 radical (unpaired) electrons. The topological polar surface area (TPSA) is 46.3 Å². The number of likely N-dealkylation sites (N-methyl/N-ethyl adjacent to an activating group) is 1. The van der Waals surface area contributed by atoms with Crippen LogP contribution in [0.25, 0.3) is 0 Å². The fraction of sp³-hybridized carbons (Fsp3) is 0.533. The highest BCUT2D eigenvalue weighted by atomic mass is 16.2. The molecule has 0 aromatic heterocycles. The van der Waals surface area contributed by atoms with Gasteiger partial charge in [-0.3, -0.25) is 4.79 Å². The Morgan fingerprint density at radius 1 is 1.17 bits per heavy atom. The van der Waals surface area contributed by atoms with Crippen LogP contribution in [0.5, 0.6) is 0 Å². The van der Waals surface area contributed by atoms with E-state index in [1.807, 2.05) is 7.05 Å². The van der Waals surface area contributed by atoms with Crippen molar-refractivity contribution in [1.82, 2.24) is 4.90 Å². The molecule has 0 bridgehead atoms. The van der Waals surface area contributed by atoms with Gasteiger partial charge in [0, 0.05) is 26.6 Å². The molecular formula is C15H24N2O. The lowest BCUT2D eigenvalue weighted by Gasteiger charge is -2.16. The number of amides is 1. The van der Waals surface area contributed by atoms with E-state index in [0.717, 1.165) is 19.4 Å². The molecule has 0 aliphatic rings. The molecule has 0 atom stereocenters. The average molecular weight is 248 g/mol. The number of hydrogen-bond donors (Lipinski definition) is 1. The first-order valence-corrected chi connectivity index (χ1v) is 6.69. The van der Waals surface area contributed by atoms with E-state index in [1.54, 1.807) is 4.90 Å². The van der Waals surface area contributed by atoms with Gasteiger partial charge in [-0.25, -0.2) is 0 Å². The molecule has 0 aliphatic carbocycles. The Bertz CT molecular complexity index is 359. The third-order valence-corrected chi connectivity index (χ3v) is 3.08. The standard InChI is InChI=1S/C15H24N2O/c1-3-4-13-5-7-14(8-6-13)10-12-17(2)15(18)9-11-16/h5-8H,3-4,9-12,16H2,1-2H3. The summed E-state index contributed by atoms with van der Waals surface area (Å²) in [6.07, 6.45) is 3.65. The van der Waals surface area contributed by atoms with E-state index in [0.29, 0.717) is 13.0 Å². The highest BCUT2D eigenvalue weighted by molar-refractivity contribution is 5.76. The lowest BCUT2D eigenvalue weighted by atomic mass is 10.1. The van der Waals surface area contributed by atoms with Gasteiger partial charge in [-0.2, -0.15) is 0 Å². The van der Waals surface area contributed by atoms with E-state index in [9.17, 15) is 4.79 Å². The van der Waals surface area contributed by atoms with Crippen LogP contribution < -0.4 is 5.73 Å². The van der Waals surface area contributed by atoms with E-state index in [1.165, 1.54) is 17.5 Å². The van der Waals surface area contributed by atoms with Crippen molar-refractivity contribution in [3.63, 3.8) is 0 Å². The number of nitrogens with zero attached hydrogens (tertiary/aromatic N) is 1. The molecule has 0 aliphatic heterocycles. The Morgan fingerprint density at radius 3 is 2.22 bits per heavy atom. The second-order valence-electron chi connectivity index (χ2n) is 4.67. The minimum absolute atomic E-state index is 0.125. The van der Waals surface area contributed by atoms with E-state index in [-0.39, 0.29) is 5.91 Å². The largest absolute Gasteiger partial charge is 0.345 e. The molecule has 3 nitrogen and oxygen atoms in total.